The molecule has 9 heteroatoms. The first-order valence-corrected chi connectivity index (χ1v) is 10.1. The Hall–Kier alpha value is -3.88. The number of benzene rings is 2. The van der Waals surface area contributed by atoms with E-state index in [1.807, 2.05) is 51.1 Å². The quantitative estimate of drug-likeness (QED) is 0.254. The van der Waals surface area contributed by atoms with Crippen molar-refractivity contribution in [3.8, 4) is 0 Å². The summed E-state index contributed by atoms with van der Waals surface area (Å²) in [5, 5.41) is 12.5. The molecule has 0 spiro atoms. The third kappa shape index (κ3) is 8.47. The van der Waals surface area contributed by atoms with E-state index in [0.717, 1.165) is 5.56 Å². The predicted octanol–water partition coefficient (Wildman–Crippen LogP) is 2.34. The summed E-state index contributed by atoms with van der Waals surface area (Å²) in [7, 11) is 0. The van der Waals surface area contributed by atoms with Gasteiger partial charge >= 0.3 is 5.97 Å². The van der Waals surface area contributed by atoms with Crippen LogP contribution in [0.2, 0.25) is 0 Å². The number of hydroxylamine groups is 1. The fourth-order valence-electron chi connectivity index (χ4n) is 2.89. The smallest absolute Gasteiger partial charge is 0.354 e. The van der Waals surface area contributed by atoms with Crippen molar-refractivity contribution in [1.29, 1.82) is 5.41 Å². The predicted molar refractivity (Wildman–Crippen MR) is 122 cm³/mol. The number of nitrogens with two attached hydrogens (primary N) is 1. The zero-order valence-corrected chi connectivity index (χ0v) is 18.4. The Morgan fingerprint density at radius 3 is 2.38 bits per heavy atom. The van der Waals surface area contributed by atoms with Crippen LogP contribution >= 0.6 is 0 Å². The lowest BCUT2D eigenvalue weighted by atomic mass is 9.91. The number of nitrogens with one attached hydrogen (secondary N) is 4. The van der Waals surface area contributed by atoms with Crippen LogP contribution in [0.15, 0.2) is 54.6 Å². The highest BCUT2D eigenvalue weighted by Crippen LogP contribution is 2.18. The van der Waals surface area contributed by atoms with E-state index in [0.29, 0.717) is 5.69 Å². The Balaban J connectivity index is 2.05. The number of hydrogen-bond acceptors (Lipinski definition) is 5. The van der Waals surface area contributed by atoms with Crippen LogP contribution in [0.3, 0.4) is 0 Å². The molecule has 0 saturated heterocycles. The van der Waals surface area contributed by atoms with Gasteiger partial charge in [0.05, 0.1) is 0 Å². The van der Waals surface area contributed by atoms with Crippen molar-refractivity contribution in [2.75, 3.05) is 5.32 Å². The van der Waals surface area contributed by atoms with Crippen molar-refractivity contribution in [3.63, 3.8) is 0 Å². The highest BCUT2D eigenvalue weighted by molar-refractivity contribution is 5.97. The molecule has 2 amide bonds. The van der Waals surface area contributed by atoms with Crippen molar-refractivity contribution >= 4 is 29.4 Å². The van der Waals surface area contributed by atoms with Gasteiger partial charge < -0.3 is 21.2 Å². The van der Waals surface area contributed by atoms with Gasteiger partial charge in [-0.25, -0.2) is 4.79 Å². The Bertz CT molecular complexity index is 970. The SMILES string of the molecule is CC(C)(C)CC(=O)N[C@@H](Cc1ccccc1)C(=O)ONC(=O)c1cccc(NC(=N)N)c1. The molecule has 0 radical (unpaired) electrons. The molecule has 2 aromatic rings. The van der Waals surface area contributed by atoms with Gasteiger partial charge in [-0.1, -0.05) is 57.2 Å². The molecule has 0 aliphatic rings. The van der Waals surface area contributed by atoms with Gasteiger partial charge in [0, 0.05) is 24.1 Å². The van der Waals surface area contributed by atoms with Crippen LogP contribution in [-0.4, -0.2) is 29.8 Å². The first-order chi connectivity index (χ1) is 15.0. The normalized spacial score (nSPS) is 11.7. The van der Waals surface area contributed by atoms with E-state index in [1.54, 1.807) is 12.1 Å². The molecule has 2 aromatic carbocycles. The van der Waals surface area contributed by atoms with Gasteiger partial charge in [-0.2, -0.15) is 5.48 Å². The molecular weight excluding hydrogens is 410 g/mol. The zero-order valence-electron chi connectivity index (χ0n) is 18.4. The van der Waals surface area contributed by atoms with Gasteiger partial charge in [0.1, 0.15) is 6.04 Å². The number of carbonyl (C=O) groups is 3. The third-order valence-corrected chi connectivity index (χ3v) is 4.24. The van der Waals surface area contributed by atoms with E-state index in [9.17, 15) is 14.4 Å². The topological polar surface area (TPSA) is 146 Å². The Morgan fingerprint density at radius 1 is 1.06 bits per heavy atom. The summed E-state index contributed by atoms with van der Waals surface area (Å²) >= 11 is 0. The van der Waals surface area contributed by atoms with Crippen LogP contribution in [0.5, 0.6) is 0 Å². The number of carbonyl (C=O) groups excluding carboxylic acids is 3. The first-order valence-electron chi connectivity index (χ1n) is 10.1. The molecule has 1 atom stereocenters. The Morgan fingerprint density at radius 2 is 1.75 bits per heavy atom. The largest absolute Gasteiger partial charge is 0.370 e. The maximum absolute atomic E-state index is 12.7. The van der Waals surface area contributed by atoms with E-state index in [4.69, 9.17) is 16.0 Å². The number of anilines is 1. The molecule has 0 heterocycles. The van der Waals surface area contributed by atoms with Gasteiger partial charge in [-0.3, -0.25) is 15.0 Å². The van der Waals surface area contributed by atoms with Crippen molar-refractivity contribution in [1.82, 2.24) is 10.8 Å². The zero-order chi connectivity index (χ0) is 23.7. The summed E-state index contributed by atoms with van der Waals surface area (Å²) in [5.74, 6) is -2.01. The van der Waals surface area contributed by atoms with Gasteiger partial charge in [0.25, 0.3) is 5.91 Å². The van der Waals surface area contributed by atoms with Crippen LogP contribution in [-0.2, 0) is 20.8 Å². The number of amides is 2. The molecule has 170 valence electrons. The molecular formula is C23H29N5O4. The summed E-state index contributed by atoms with van der Waals surface area (Å²) in [6.45, 7) is 5.77. The van der Waals surface area contributed by atoms with E-state index in [2.05, 4.69) is 16.1 Å². The average Bonchev–Trinajstić information content (AvgIpc) is 2.70. The molecule has 2 rings (SSSR count). The molecule has 9 nitrogen and oxygen atoms in total. The average molecular weight is 440 g/mol. The minimum atomic E-state index is -0.974. The number of guanidine groups is 1. The van der Waals surface area contributed by atoms with E-state index >= 15 is 0 Å². The molecule has 0 unspecified atom stereocenters. The molecule has 0 saturated carbocycles. The maximum Gasteiger partial charge on any atom is 0.354 e. The fourth-order valence-corrected chi connectivity index (χ4v) is 2.89. The lowest BCUT2D eigenvalue weighted by Gasteiger charge is -2.21. The molecule has 0 bridgehead atoms. The third-order valence-electron chi connectivity index (χ3n) is 4.24. The highest BCUT2D eigenvalue weighted by atomic mass is 16.7. The molecule has 0 aromatic heterocycles. The maximum atomic E-state index is 12.7. The first kappa shape index (κ1) is 24.4. The van der Waals surface area contributed by atoms with Crippen molar-refractivity contribution in [2.24, 2.45) is 11.1 Å². The van der Waals surface area contributed by atoms with Crippen LogP contribution < -0.4 is 21.8 Å². The summed E-state index contributed by atoms with van der Waals surface area (Å²) in [6.07, 6.45) is 0.442. The number of hydrogen-bond donors (Lipinski definition) is 5. The molecule has 0 aliphatic carbocycles. The Kier molecular flexibility index (Phi) is 8.34. The van der Waals surface area contributed by atoms with Gasteiger partial charge in [-0.05, 0) is 29.2 Å². The highest BCUT2D eigenvalue weighted by Gasteiger charge is 2.26. The van der Waals surface area contributed by atoms with Crippen LogP contribution in [0.4, 0.5) is 5.69 Å². The Labute approximate surface area is 187 Å². The standard InChI is InChI=1S/C23H29N5O4/c1-23(2,3)14-19(29)27-18(12-15-8-5-4-6-9-15)21(31)32-28-20(30)16-10-7-11-17(13-16)26-22(24)25/h4-11,13,18H,12,14H2,1-3H3,(H,27,29)(H,28,30)(H4,24,25,26)/t18-/m0/s1. The van der Waals surface area contributed by atoms with Crippen molar-refractivity contribution < 1.29 is 19.2 Å². The molecule has 0 aliphatic heterocycles. The second-order valence-electron chi connectivity index (χ2n) is 8.52. The lowest BCUT2D eigenvalue weighted by Crippen LogP contribution is -2.46. The molecule has 6 N–H and O–H groups in total. The van der Waals surface area contributed by atoms with Gasteiger partial charge in [0.2, 0.25) is 5.91 Å². The summed E-state index contributed by atoms with van der Waals surface area (Å²) < 4.78 is 0. The molecule has 0 fully saturated rings. The second-order valence-corrected chi connectivity index (χ2v) is 8.52. The van der Waals surface area contributed by atoms with Crippen LogP contribution in [0.25, 0.3) is 0 Å². The van der Waals surface area contributed by atoms with E-state index in [-0.39, 0.29) is 35.7 Å². The van der Waals surface area contributed by atoms with Crippen molar-refractivity contribution in [2.45, 2.75) is 39.7 Å². The summed E-state index contributed by atoms with van der Waals surface area (Å²) in [6, 6.07) is 14.4. The monoisotopic (exact) mass is 439 g/mol. The van der Waals surface area contributed by atoms with Gasteiger partial charge in [-0.15, -0.1) is 0 Å². The molecule has 32 heavy (non-hydrogen) atoms. The fraction of sp³-hybridized carbons (Fsp3) is 0.304. The van der Waals surface area contributed by atoms with Crippen LogP contribution in [0, 0.1) is 10.8 Å². The second kappa shape index (κ2) is 10.9. The van der Waals surface area contributed by atoms with Crippen LogP contribution in [0.1, 0.15) is 43.1 Å². The van der Waals surface area contributed by atoms with E-state index in [1.165, 1.54) is 12.1 Å². The van der Waals surface area contributed by atoms with E-state index < -0.39 is 17.9 Å². The summed E-state index contributed by atoms with van der Waals surface area (Å²) in [4.78, 5) is 42.5. The minimum Gasteiger partial charge on any atom is -0.370 e. The lowest BCUT2D eigenvalue weighted by molar-refractivity contribution is -0.153. The summed E-state index contributed by atoms with van der Waals surface area (Å²) in [5.41, 5.74) is 8.62. The minimum absolute atomic E-state index is 0.195. The number of rotatable bonds is 7. The van der Waals surface area contributed by atoms with Gasteiger partial charge in [0.15, 0.2) is 5.96 Å². The van der Waals surface area contributed by atoms with Crippen molar-refractivity contribution in [3.05, 3.63) is 65.7 Å².